The normalized spacial score (nSPS) is 21.5. The van der Waals surface area contributed by atoms with Crippen molar-refractivity contribution in [2.24, 2.45) is 0 Å². The number of halogens is 1. The number of piperazine rings is 1. The Labute approximate surface area is 108 Å². The highest BCUT2D eigenvalue weighted by Gasteiger charge is 2.14. The summed E-state index contributed by atoms with van der Waals surface area (Å²) in [4.78, 5) is 2.39. The van der Waals surface area contributed by atoms with Gasteiger partial charge in [-0.15, -0.1) is 0 Å². The van der Waals surface area contributed by atoms with Crippen LogP contribution in [0.15, 0.2) is 34.5 Å². The Morgan fingerprint density at radius 1 is 1.41 bits per heavy atom. The highest BCUT2D eigenvalue weighted by Crippen LogP contribution is 2.23. The minimum absolute atomic E-state index is 0.579. The average Bonchev–Trinajstić information content (AvgIpc) is 2.54. The molecule has 1 aliphatic carbocycles. The van der Waals surface area contributed by atoms with E-state index in [1.54, 1.807) is 7.11 Å². The number of hydrogen-bond acceptors (Lipinski definition) is 3. The molecule has 0 aromatic rings. The molecule has 0 aromatic carbocycles. The van der Waals surface area contributed by atoms with Crippen molar-refractivity contribution in [3.63, 3.8) is 0 Å². The van der Waals surface area contributed by atoms with Crippen LogP contribution in [-0.2, 0) is 4.74 Å². The largest absolute Gasteiger partial charge is 0.380 e. The number of allylic oxidation sites excluding steroid dienone is 3. The van der Waals surface area contributed by atoms with Gasteiger partial charge in [0.25, 0.3) is 0 Å². The highest BCUT2D eigenvalue weighted by molar-refractivity contribution is 6.30. The molecular formula is C13H19ClN2O. The highest BCUT2D eigenvalue weighted by atomic mass is 35.5. The zero-order valence-corrected chi connectivity index (χ0v) is 11.0. The van der Waals surface area contributed by atoms with Crippen LogP contribution in [-0.4, -0.2) is 44.8 Å². The number of hydrogen-bond donors (Lipinski definition) is 1. The summed E-state index contributed by atoms with van der Waals surface area (Å²) in [5.74, 6) is 0. The molecule has 0 atom stereocenters. The van der Waals surface area contributed by atoms with Crippen LogP contribution in [0, 0.1) is 0 Å². The first-order chi connectivity index (χ1) is 8.31. The lowest BCUT2D eigenvalue weighted by atomic mass is 10.2. The maximum atomic E-state index is 6.24. The van der Waals surface area contributed by atoms with Gasteiger partial charge in [-0.2, -0.15) is 0 Å². The topological polar surface area (TPSA) is 24.5 Å². The zero-order chi connectivity index (χ0) is 12.1. The van der Waals surface area contributed by atoms with Gasteiger partial charge in [0.1, 0.15) is 0 Å². The second kappa shape index (κ2) is 6.24. The molecule has 0 saturated carbocycles. The monoisotopic (exact) mass is 254 g/mol. The van der Waals surface area contributed by atoms with E-state index in [1.807, 2.05) is 0 Å². The van der Waals surface area contributed by atoms with Crippen LogP contribution in [0.2, 0.25) is 0 Å². The van der Waals surface area contributed by atoms with Crippen molar-refractivity contribution in [3.05, 3.63) is 34.5 Å². The molecule has 2 aliphatic rings. The van der Waals surface area contributed by atoms with Crippen LogP contribution < -0.4 is 5.32 Å². The van der Waals surface area contributed by atoms with Crippen molar-refractivity contribution in [2.45, 2.75) is 6.42 Å². The summed E-state index contributed by atoms with van der Waals surface area (Å²) in [5.41, 5.74) is 2.34. The van der Waals surface area contributed by atoms with E-state index in [9.17, 15) is 0 Å². The lowest BCUT2D eigenvalue weighted by molar-refractivity contribution is 0.227. The van der Waals surface area contributed by atoms with Gasteiger partial charge in [0.2, 0.25) is 0 Å². The van der Waals surface area contributed by atoms with E-state index in [4.69, 9.17) is 16.3 Å². The van der Waals surface area contributed by atoms with E-state index < -0.39 is 0 Å². The van der Waals surface area contributed by atoms with Gasteiger partial charge in [-0.05, 0) is 17.7 Å². The van der Waals surface area contributed by atoms with Crippen LogP contribution in [0.5, 0.6) is 0 Å². The third kappa shape index (κ3) is 3.35. The number of nitrogens with zero attached hydrogens (tertiary/aromatic N) is 1. The number of nitrogens with one attached hydrogen (secondary N) is 1. The molecule has 4 heteroatoms. The molecule has 0 amide bonds. The molecule has 17 heavy (non-hydrogen) atoms. The molecule has 3 nitrogen and oxygen atoms in total. The smallest absolute Gasteiger partial charge is 0.0725 e. The maximum Gasteiger partial charge on any atom is 0.0725 e. The summed E-state index contributed by atoms with van der Waals surface area (Å²) in [7, 11) is 1.70. The van der Waals surface area contributed by atoms with Gasteiger partial charge in [0.15, 0.2) is 0 Å². The molecule has 0 radical (unpaired) electrons. The Kier molecular flexibility index (Phi) is 4.66. The van der Waals surface area contributed by atoms with Gasteiger partial charge in [0, 0.05) is 50.4 Å². The summed E-state index contributed by atoms with van der Waals surface area (Å²) >= 11 is 6.24. The summed E-state index contributed by atoms with van der Waals surface area (Å²) in [6, 6.07) is 0. The summed E-state index contributed by atoms with van der Waals surface area (Å²) in [5, 5.41) is 4.24. The molecule has 0 unspecified atom stereocenters. The molecule has 0 bridgehead atoms. The van der Waals surface area contributed by atoms with Crippen LogP contribution in [0.3, 0.4) is 0 Å². The van der Waals surface area contributed by atoms with Gasteiger partial charge in [-0.1, -0.05) is 17.7 Å². The van der Waals surface area contributed by atoms with Gasteiger partial charge in [-0.3, -0.25) is 0 Å². The Balaban J connectivity index is 2.16. The Hall–Kier alpha value is -0.770. The number of rotatable bonds is 3. The van der Waals surface area contributed by atoms with E-state index in [0.717, 1.165) is 43.2 Å². The van der Waals surface area contributed by atoms with Crippen molar-refractivity contribution in [1.29, 1.82) is 0 Å². The maximum absolute atomic E-state index is 6.24. The SMILES string of the molecule is COCC1=C(Cl)CC=CC(N2CCNCC2)=C1. The van der Waals surface area contributed by atoms with Gasteiger partial charge in [-0.25, -0.2) is 0 Å². The molecule has 1 aliphatic heterocycles. The quantitative estimate of drug-likeness (QED) is 0.832. The van der Waals surface area contributed by atoms with Crippen molar-refractivity contribution < 1.29 is 4.74 Å². The van der Waals surface area contributed by atoms with Crippen molar-refractivity contribution >= 4 is 11.6 Å². The average molecular weight is 255 g/mol. The van der Waals surface area contributed by atoms with Crippen molar-refractivity contribution in [2.75, 3.05) is 39.9 Å². The third-order valence-corrected chi connectivity index (χ3v) is 3.44. The predicted molar refractivity (Wildman–Crippen MR) is 71.0 cm³/mol. The third-order valence-electron chi connectivity index (χ3n) is 3.04. The fourth-order valence-corrected chi connectivity index (χ4v) is 2.31. The van der Waals surface area contributed by atoms with E-state index in [2.05, 4.69) is 28.4 Å². The molecule has 1 heterocycles. The Bertz CT molecular complexity index is 354. The van der Waals surface area contributed by atoms with E-state index >= 15 is 0 Å². The summed E-state index contributed by atoms with van der Waals surface area (Å²) in [6.45, 7) is 4.77. The summed E-state index contributed by atoms with van der Waals surface area (Å²) in [6.07, 6.45) is 7.24. The van der Waals surface area contributed by atoms with Crippen molar-refractivity contribution in [3.8, 4) is 0 Å². The molecule has 94 valence electrons. The molecule has 1 N–H and O–H groups in total. The molecule has 0 aromatic heterocycles. The lowest BCUT2D eigenvalue weighted by Crippen LogP contribution is -2.42. The van der Waals surface area contributed by atoms with Gasteiger partial charge < -0.3 is 15.0 Å². The number of ether oxygens (including phenoxy) is 1. The molecule has 0 spiro atoms. The van der Waals surface area contributed by atoms with Crippen molar-refractivity contribution in [1.82, 2.24) is 10.2 Å². The molecule has 1 saturated heterocycles. The first-order valence-electron chi connectivity index (χ1n) is 6.01. The van der Waals surface area contributed by atoms with Crippen LogP contribution >= 0.6 is 11.6 Å². The van der Waals surface area contributed by atoms with Crippen LogP contribution in [0.4, 0.5) is 0 Å². The minimum Gasteiger partial charge on any atom is -0.380 e. The minimum atomic E-state index is 0.579. The zero-order valence-electron chi connectivity index (χ0n) is 10.2. The Morgan fingerprint density at radius 2 is 2.18 bits per heavy atom. The van der Waals surface area contributed by atoms with Gasteiger partial charge >= 0.3 is 0 Å². The van der Waals surface area contributed by atoms with Crippen LogP contribution in [0.25, 0.3) is 0 Å². The van der Waals surface area contributed by atoms with E-state index in [1.165, 1.54) is 5.70 Å². The van der Waals surface area contributed by atoms with E-state index in [0.29, 0.717) is 6.61 Å². The standard InChI is InChI=1S/C13H19ClN2O/c1-17-10-11-9-12(3-2-4-13(11)14)16-7-5-15-6-8-16/h2-3,9,15H,4-8,10H2,1H3. The Morgan fingerprint density at radius 3 is 2.88 bits per heavy atom. The second-order valence-corrected chi connectivity index (χ2v) is 4.73. The van der Waals surface area contributed by atoms with Crippen LogP contribution in [0.1, 0.15) is 6.42 Å². The molecular weight excluding hydrogens is 236 g/mol. The summed E-state index contributed by atoms with van der Waals surface area (Å²) < 4.78 is 5.20. The molecule has 2 rings (SSSR count). The van der Waals surface area contributed by atoms with E-state index in [-0.39, 0.29) is 0 Å². The lowest BCUT2D eigenvalue weighted by Gasteiger charge is -2.30. The first-order valence-corrected chi connectivity index (χ1v) is 6.39. The first kappa shape index (κ1) is 12.7. The molecule has 1 fully saturated rings. The predicted octanol–water partition coefficient (Wildman–Crippen LogP) is 1.87. The fourth-order valence-electron chi connectivity index (χ4n) is 2.11. The second-order valence-electron chi connectivity index (χ2n) is 4.28. The van der Waals surface area contributed by atoms with Gasteiger partial charge in [0.05, 0.1) is 6.61 Å². The number of methoxy groups -OCH3 is 1. The fraction of sp³-hybridized carbons (Fsp3) is 0.538.